The molecular weight excluding hydrogens is 194 g/mol. The van der Waals surface area contributed by atoms with E-state index in [2.05, 4.69) is 15.3 Å². The van der Waals surface area contributed by atoms with Crippen LogP contribution in [0.5, 0.6) is 5.88 Å². The molecule has 0 atom stereocenters. The molecule has 5 heteroatoms. The number of hydrogen-bond donors (Lipinski definition) is 1. The number of nitrogens with one attached hydrogen (secondary N) is 1. The second-order valence-corrected chi connectivity index (χ2v) is 2.32. The second-order valence-electron chi connectivity index (χ2n) is 2.32. The highest BCUT2D eigenvalue weighted by Gasteiger charge is 2.06. The Kier molecular flexibility index (Phi) is 6.88. The Balaban J connectivity index is 0.000000921. The number of rotatable bonds is 3. The van der Waals surface area contributed by atoms with E-state index in [9.17, 15) is 4.79 Å². The van der Waals surface area contributed by atoms with Crippen LogP contribution in [0, 0.1) is 0 Å². The summed E-state index contributed by atoms with van der Waals surface area (Å²) in [6, 6.07) is 0. The number of methoxy groups -OCH3 is 1. The normalized spacial score (nSPS) is 8.53. The van der Waals surface area contributed by atoms with Crippen LogP contribution in [-0.2, 0) is 4.79 Å². The number of anilines is 1. The first-order chi connectivity index (χ1) is 7.27. The minimum atomic E-state index is -0.112. The Morgan fingerprint density at radius 3 is 2.53 bits per heavy atom. The highest BCUT2D eigenvalue weighted by molar-refractivity contribution is 5.90. The van der Waals surface area contributed by atoms with Crippen LogP contribution in [0.15, 0.2) is 12.4 Å². The molecule has 0 saturated carbocycles. The molecule has 1 N–H and O–H groups in total. The zero-order valence-corrected chi connectivity index (χ0v) is 9.57. The fraction of sp³-hybridized carbons (Fsp3) is 0.500. The van der Waals surface area contributed by atoms with Crippen LogP contribution in [0.2, 0.25) is 0 Å². The van der Waals surface area contributed by atoms with Crippen LogP contribution in [-0.4, -0.2) is 23.0 Å². The fourth-order valence-electron chi connectivity index (χ4n) is 0.781. The first-order valence-corrected chi connectivity index (χ1v) is 4.92. The number of carbonyl (C=O) groups is 1. The average Bonchev–Trinajstić information content (AvgIpc) is 2.32. The number of aromatic nitrogens is 2. The quantitative estimate of drug-likeness (QED) is 0.828. The molecule has 1 aromatic heterocycles. The van der Waals surface area contributed by atoms with Crippen LogP contribution in [0.1, 0.15) is 27.2 Å². The molecule has 0 radical (unpaired) electrons. The number of ether oxygens (including phenoxy) is 1. The van der Waals surface area contributed by atoms with Crippen LogP contribution >= 0.6 is 0 Å². The Hall–Kier alpha value is -1.65. The van der Waals surface area contributed by atoms with Gasteiger partial charge in [0.15, 0.2) is 5.82 Å². The molecular formula is C10H17N3O2. The van der Waals surface area contributed by atoms with Crippen molar-refractivity contribution >= 4 is 11.7 Å². The zero-order chi connectivity index (χ0) is 11.7. The molecule has 0 aromatic carbocycles. The van der Waals surface area contributed by atoms with Gasteiger partial charge in [-0.15, -0.1) is 0 Å². The second kappa shape index (κ2) is 7.73. The van der Waals surface area contributed by atoms with Crippen molar-refractivity contribution in [1.82, 2.24) is 9.97 Å². The predicted octanol–water partition coefficient (Wildman–Crippen LogP) is 1.86. The zero-order valence-electron chi connectivity index (χ0n) is 9.57. The third-order valence-electron chi connectivity index (χ3n) is 1.44. The Morgan fingerprint density at radius 2 is 2.00 bits per heavy atom. The first kappa shape index (κ1) is 13.4. The van der Waals surface area contributed by atoms with Gasteiger partial charge in [0.2, 0.25) is 5.91 Å². The van der Waals surface area contributed by atoms with E-state index in [-0.39, 0.29) is 5.91 Å². The minimum absolute atomic E-state index is 0.112. The Labute approximate surface area is 89.9 Å². The van der Waals surface area contributed by atoms with E-state index in [0.29, 0.717) is 18.1 Å². The molecule has 5 nitrogen and oxygen atoms in total. The van der Waals surface area contributed by atoms with E-state index in [4.69, 9.17) is 4.74 Å². The summed E-state index contributed by atoms with van der Waals surface area (Å²) < 4.78 is 4.90. The van der Waals surface area contributed by atoms with Crippen LogP contribution in [0.4, 0.5) is 5.82 Å². The summed E-state index contributed by atoms with van der Waals surface area (Å²) in [6.07, 6.45) is 3.40. The van der Waals surface area contributed by atoms with Gasteiger partial charge in [0.25, 0.3) is 5.88 Å². The van der Waals surface area contributed by atoms with Crippen molar-refractivity contribution < 1.29 is 9.53 Å². The van der Waals surface area contributed by atoms with Gasteiger partial charge in [0.1, 0.15) is 0 Å². The molecule has 0 aliphatic carbocycles. The van der Waals surface area contributed by atoms with Crippen LogP contribution in [0.25, 0.3) is 0 Å². The van der Waals surface area contributed by atoms with Crippen molar-refractivity contribution in [3.05, 3.63) is 12.4 Å². The standard InChI is InChI=1S/C8H11N3O2.C2H6/c1-3-6(12)11-7-8(13-2)10-5-4-9-7;1-2/h4-5H,3H2,1-2H3,(H,9,11,12);1-2H3. The molecule has 1 amide bonds. The Bertz CT molecular complexity index is 302. The molecule has 0 unspecified atom stereocenters. The first-order valence-electron chi connectivity index (χ1n) is 4.92. The number of nitrogens with zero attached hydrogens (tertiary/aromatic N) is 2. The van der Waals surface area contributed by atoms with Gasteiger partial charge in [-0.3, -0.25) is 4.79 Å². The largest absolute Gasteiger partial charge is 0.478 e. The SMILES string of the molecule is CC.CCC(=O)Nc1nccnc1OC. The van der Waals surface area contributed by atoms with Crippen molar-refractivity contribution in [2.45, 2.75) is 27.2 Å². The van der Waals surface area contributed by atoms with Crippen LogP contribution < -0.4 is 10.1 Å². The summed E-state index contributed by atoms with van der Waals surface area (Å²) in [6.45, 7) is 5.76. The molecule has 0 bridgehead atoms. The molecule has 0 spiro atoms. The van der Waals surface area contributed by atoms with E-state index in [1.165, 1.54) is 19.5 Å². The molecule has 0 aliphatic heterocycles. The lowest BCUT2D eigenvalue weighted by molar-refractivity contribution is -0.115. The molecule has 0 aliphatic rings. The van der Waals surface area contributed by atoms with E-state index in [1.54, 1.807) is 6.92 Å². The smallest absolute Gasteiger partial charge is 0.257 e. The van der Waals surface area contributed by atoms with Gasteiger partial charge in [-0.05, 0) is 0 Å². The number of amides is 1. The monoisotopic (exact) mass is 211 g/mol. The maximum absolute atomic E-state index is 11.0. The van der Waals surface area contributed by atoms with Gasteiger partial charge in [-0.2, -0.15) is 0 Å². The molecule has 15 heavy (non-hydrogen) atoms. The lowest BCUT2D eigenvalue weighted by Gasteiger charge is -2.05. The lowest BCUT2D eigenvalue weighted by Crippen LogP contribution is -2.12. The third kappa shape index (κ3) is 4.39. The van der Waals surface area contributed by atoms with Gasteiger partial charge in [0, 0.05) is 18.8 Å². The maximum Gasteiger partial charge on any atom is 0.257 e. The topological polar surface area (TPSA) is 64.1 Å². The minimum Gasteiger partial charge on any atom is -0.478 e. The lowest BCUT2D eigenvalue weighted by atomic mass is 10.4. The van der Waals surface area contributed by atoms with Crippen molar-refractivity contribution in [1.29, 1.82) is 0 Å². The third-order valence-corrected chi connectivity index (χ3v) is 1.44. The number of carbonyl (C=O) groups excluding carboxylic acids is 1. The molecule has 1 aromatic rings. The van der Waals surface area contributed by atoms with Gasteiger partial charge in [-0.25, -0.2) is 9.97 Å². The molecule has 0 fully saturated rings. The molecule has 0 saturated heterocycles. The summed E-state index contributed by atoms with van der Waals surface area (Å²) in [4.78, 5) is 18.8. The summed E-state index contributed by atoms with van der Waals surface area (Å²) in [7, 11) is 1.48. The van der Waals surface area contributed by atoms with Gasteiger partial charge in [-0.1, -0.05) is 20.8 Å². The fourth-order valence-corrected chi connectivity index (χ4v) is 0.781. The van der Waals surface area contributed by atoms with E-state index in [1.807, 2.05) is 13.8 Å². The van der Waals surface area contributed by atoms with E-state index < -0.39 is 0 Å². The van der Waals surface area contributed by atoms with Crippen molar-refractivity contribution in [3.63, 3.8) is 0 Å². The molecule has 84 valence electrons. The molecule has 1 heterocycles. The summed E-state index contributed by atoms with van der Waals surface area (Å²) >= 11 is 0. The maximum atomic E-state index is 11.0. The van der Waals surface area contributed by atoms with E-state index in [0.717, 1.165) is 0 Å². The summed E-state index contributed by atoms with van der Waals surface area (Å²) in [5.41, 5.74) is 0. The average molecular weight is 211 g/mol. The highest BCUT2D eigenvalue weighted by Crippen LogP contribution is 2.16. The van der Waals surface area contributed by atoms with Gasteiger partial charge < -0.3 is 10.1 Å². The van der Waals surface area contributed by atoms with Crippen molar-refractivity contribution in [2.24, 2.45) is 0 Å². The number of hydrogen-bond acceptors (Lipinski definition) is 4. The Morgan fingerprint density at radius 1 is 1.40 bits per heavy atom. The predicted molar refractivity (Wildman–Crippen MR) is 58.9 cm³/mol. The summed E-state index contributed by atoms with van der Waals surface area (Å²) in [5.74, 6) is 0.569. The highest BCUT2D eigenvalue weighted by atomic mass is 16.5. The summed E-state index contributed by atoms with van der Waals surface area (Å²) in [5, 5.41) is 2.57. The molecule has 1 rings (SSSR count). The van der Waals surface area contributed by atoms with Gasteiger partial charge >= 0.3 is 0 Å². The van der Waals surface area contributed by atoms with Crippen molar-refractivity contribution in [3.8, 4) is 5.88 Å². The van der Waals surface area contributed by atoms with Crippen molar-refractivity contribution in [2.75, 3.05) is 12.4 Å². The van der Waals surface area contributed by atoms with Crippen LogP contribution in [0.3, 0.4) is 0 Å². The van der Waals surface area contributed by atoms with E-state index >= 15 is 0 Å². The van der Waals surface area contributed by atoms with Gasteiger partial charge in [0.05, 0.1) is 7.11 Å².